The van der Waals surface area contributed by atoms with Crippen LogP contribution < -0.4 is 4.74 Å². The molecule has 0 radical (unpaired) electrons. The van der Waals surface area contributed by atoms with Crippen molar-refractivity contribution < 1.29 is 19.0 Å². The zero-order chi connectivity index (χ0) is 16.5. The van der Waals surface area contributed by atoms with Crippen molar-refractivity contribution in [3.05, 3.63) is 24.3 Å². The summed E-state index contributed by atoms with van der Waals surface area (Å²) in [6, 6.07) is 7.21. The van der Waals surface area contributed by atoms with Crippen molar-refractivity contribution in [3.8, 4) is 5.75 Å². The Morgan fingerprint density at radius 1 is 1.17 bits per heavy atom. The van der Waals surface area contributed by atoms with E-state index < -0.39 is 12.4 Å². The molecule has 0 saturated carbocycles. The molecule has 0 N–H and O–H groups in total. The first-order valence-electron chi connectivity index (χ1n) is 8.13. The van der Waals surface area contributed by atoms with Crippen LogP contribution in [0.15, 0.2) is 34.5 Å². The third-order valence-electron chi connectivity index (χ3n) is 3.71. The Bertz CT molecular complexity index is 516. The molecule has 1 aromatic rings. The van der Waals surface area contributed by atoms with E-state index in [1.54, 1.807) is 31.4 Å². The maximum absolute atomic E-state index is 11.5. The molecule has 0 spiro atoms. The lowest BCUT2D eigenvalue weighted by Crippen LogP contribution is -2.33. The van der Waals surface area contributed by atoms with Crippen LogP contribution >= 0.6 is 0 Å². The molecule has 1 aliphatic heterocycles. The van der Waals surface area contributed by atoms with E-state index in [1.807, 2.05) is 0 Å². The van der Waals surface area contributed by atoms with Crippen LogP contribution in [0.1, 0.15) is 45.4 Å². The fourth-order valence-electron chi connectivity index (χ4n) is 2.42. The summed E-state index contributed by atoms with van der Waals surface area (Å²) in [4.78, 5) is 11.5. The van der Waals surface area contributed by atoms with Gasteiger partial charge in [0.25, 0.3) is 0 Å². The van der Waals surface area contributed by atoms with Crippen molar-refractivity contribution in [1.82, 2.24) is 0 Å². The van der Waals surface area contributed by atoms with Gasteiger partial charge in [0.15, 0.2) is 0 Å². The van der Waals surface area contributed by atoms with E-state index in [0.29, 0.717) is 12.1 Å². The molecule has 1 saturated heterocycles. The van der Waals surface area contributed by atoms with Gasteiger partial charge in [-0.2, -0.15) is 5.11 Å². The van der Waals surface area contributed by atoms with Crippen molar-refractivity contribution in [1.29, 1.82) is 0 Å². The van der Waals surface area contributed by atoms with Crippen LogP contribution in [-0.2, 0) is 9.47 Å². The molecule has 1 fully saturated rings. The molecule has 0 bridgehead atoms. The van der Waals surface area contributed by atoms with E-state index in [0.717, 1.165) is 25.0 Å². The van der Waals surface area contributed by atoms with Crippen LogP contribution in [0.4, 0.5) is 10.5 Å². The third kappa shape index (κ3) is 5.88. The molecule has 23 heavy (non-hydrogen) atoms. The highest BCUT2D eigenvalue weighted by atomic mass is 16.7. The van der Waals surface area contributed by atoms with Gasteiger partial charge < -0.3 is 14.2 Å². The Morgan fingerprint density at radius 2 is 1.96 bits per heavy atom. The molecule has 6 heteroatoms. The lowest BCUT2D eigenvalue weighted by atomic mass is 10.1. The number of cyclic esters (lactones) is 2. The molecular weight excluding hydrogens is 296 g/mol. The average molecular weight is 320 g/mol. The van der Waals surface area contributed by atoms with Gasteiger partial charge in [0.1, 0.15) is 11.9 Å². The topological polar surface area (TPSA) is 69.5 Å². The Balaban J connectivity index is 1.85. The zero-order valence-corrected chi connectivity index (χ0v) is 13.7. The minimum Gasteiger partial charge on any atom is -0.497 e. The fourth-order valence-corrected chi connectivity index (χ4v) is 2.42. The predicted octanol–water partition coefficient (Wildman–Crippen LogP) is 5.00. The molecule has 1 aromatic carbocycles. The zero-order valence-electron chi connectivity index (χ0n) is 13.7. The van der Waals surface area contributed by atoms with Crippen molar-refractivity contribution in [2.24, 2.45) is 10.2 Å². The second-order valence-corrected chi connectivity index (χ2v) is 5.56. The van der Waals surface area contributed by atoms with Crippen molar-refractivity contribution in [3.63, 3.8) is 0 Å². The van der Waals surface area contributed by atoms with Crippen LogP contribution in [0.5, 0.6) is 5.75 Å². The molecule has 0 aromatic heterocycles. The van der Waals surface area contributed by atoms with Crippen LogP contribution in [0.25, 0.3) is 0 Å². The van der Waals surface area contributed by atoms with E-state index in [9.17, 15) is 4.79 Å². The number of rotatable bonds is 8. The van der Waals surface area contributed by atoms with Gasteiger partial charge >= 0.3 is 6.16 Å². The second kappa shape index (κ2) is 9.12. The Kier molecular flexibility index (Phi) is 6.84. The molecule has 0 aliphatic carbocycles. The quantitative estimate of drug-likeness (QED) is 0.384. The summed E-state index contributed by atoms with van der Waals surface area (Å²) >= 11 is 0. The normalized spacial score (nSPS) is 21.0. The highest BCUT2D eigenvalue weighted by Crippen LogP contribution is 2.23. The highest BCUT2D eigenvalue weighted by molar-refractivity contribution is 5.61. The monoisotopic (exact) mass is 320 g/mol. The van der Waals surface area contributed by atoms with Crippen LogP contribution in [-0.4, -0.2) is 25.6 Å². The molecule has 126 valence electrons. The Hall–Kier alpha value is -2.11. The number of methoxy groups -OCH3 is 1. The average Bonchev–Trinajstić information content (AvgIpc) is 2.57. The number of benzene rings is 1. The van der Waals surface area contributed by atoms with Gasteiger partial charge in [0.05, 0.1) is 12.8 Å². The van der Waals surface area contributed by atoms with Crippen LogP contribution in [0, 0.1) is 0 Å². The van der Waals surface area contributed by atoms with E-state index in [1.165, 1.54) is 12.8 Å². The number of azo groups is 1. The fraction of sp³-hybridized carbons (Fsp3) is 0.588. The minimum atomic E-state index is -0.657. The second-order valence-electron chi connectivity index (χ2n) is 5.56. The van der Waals surface area contributed by atoms with E-state index in [4.69, 9.17) is 14.2 Å². The summed E-state index contributed by atoms with van der Waals surface area (Å²) < 4.78 is 15.4. The van der Waals surface area contributed by atoms with Gasteiger partial charge in [-0.15, -0.1) is 5.11 Å². The van der Waals surface area contributed by atoms with Gasteiger partial charge in [-0.05, 0) is 37.1 Å². The summed E-state index contributed by atoms with van der Waals surface area (Å²) in [5.41, 5.74) is 0.688. The summed E-state index contributed by atoms with van der Waals surface area (Å²) in [6.07, 6.45) is 4.64. The van der Waals surface area contributed by atoms with E-state index in [2.05, 4.69) is 17.2 Å². The SMILES string of the molecule is CCCCCCC1CC(N=Nc2ccc(OC)cc2)OC(=O)O1. The Labute approximate surface area is 136 Å². The molecule has 6 nitrogen and oxygen atoms in total. The lowest BCUT2D eigenvalue weighted by Gasteiger charge is -2.26. The first kappa shape index (κ1) is 17.2. The number of ether oxygens (including phenoxy) is 3. The van der Waals surface area contributed by atoms with Crippen LogP contribution in [0.2, 0.25) is 0 Å². The summed E-state index contributed by atoms with van der Waals surface area (Å²) in [6.45, 7) is 2.17. The van der Waals surface area contributed by atoms with Crippen molar-refractivity contribution in [2.45, 2.75) is 57.8 Å². The Morgan fingerprint density at radius 3 is 2.65 bits per heavy atom. The predicted molar refractivity (Wildman–Crippen MR) is 86.0 cm³/mol. The number of carbonyl (C=O) groups excluding carboxylic acids is 1. The van der Waals surface area contributed by atoms with Gasteiger partial charge in [0, 0.05) is 6.42 Å². The first-order valence-corrected chi connectivity index (χ1v) is 8.13. The molecular formula is C17H24N2O4. The summed E-state index contributed by atoms with van der Waals surface area (Å²) in [7, 11) is 1.61. The number of carbonyl (C=O) groups is 1. The smallest absolute Gasteiger partial charge is 0.497 e. The maximum Gasteiger partial charge on any atom is 0.510 e. The molecule has 1 aliphatic rings. The van der Waals surface area contributed by atoms with E-state index >= 15 is 0 Å². The maximum atomic E-state index is 11.5. The molecule has 1 heterocycles. The number of nitrogens with zero attached hydrogens (tertiary/aromatic N) is 2. The van der Waals surface area contributed by atoms with Gasteiger partial charge in [0.2, 0.25) is 6.23 Å². The lowest BCUT2D eigenvalue weighted by molar-refractivity contribution is -0.0613. The number of hydrogen-bond acceptors (Lipinski definition) is 6. The number of hydrogen-bond donors (Lipinski definition) is 0. The minimum absolute atomic E-state index is 0.132. The van der Waals surface area contributed by atoms with Gasteiger partial charge in [-0.25, -0.2) is 4.79 Å². The molecule has 2 unspecified atom stereocenters. The first-order chi connectivity index (χ1) is 11.2. The molecule has 2 rings (SSSR count). The summed E-state index contributed by atoms with van der Waals surface area (Å²) in [5.74, 6) is 0.758. The number of unbranched alkanes of at least 4 members (excludes halogenated alkanes) is 3. The van der Waals surface area contributed by atoms with Crippen molar-refractivity contribution in [2.75, 3.05) is 7.11 Å². The largest absolute Gasteiger partial charge is 0.510 e. The standard InChI is InChI=1S/C17H24N2O4/c1-3-4-5-6-7-15-12-16(23-17(20)22-15)19-18-13-8-10-14(21-2)11-9-13/h8-11,15-16H,3-7,12H2,1-2H3. The third-order valence-corrected chi connectivity index (χ3v) is 3.71. The highest BCUT2D eigenvalue weighted by Gasteiger charge is 2.29. The van der Waals surface area contributed by atoms with E-state index in [-0.39, 0.29) is 6.10 Å². The van der Waals surface area contributed by atoms with Gasteiger partial charge in [-0.1, -0.05) is 26.2 Å². The van der Waals surface area contributed by atoms with Crippen LogP contribution in [0.3, 0.4) is 0 Å². The molecule has 2 atom stereocenters. The summed E-state index contributed by atoms with van der Waals surface area (Å²) in [5, 5.41) is 8.24. The molecule has 0 amide bonds. The van der Waals surface area contributed by atoms with Crippen molar-refractivity contribution >= 4 is 11.8 Å². The van der Waals surface area contributed by atoms with Gasteiger partial charge in [-0.3, -0.25) is 0 Å².